The molecule has 0 aromatic heterocycles. The largest absolute Gasteiger partial charge is 0.494 e. The van der Waals surface area contributed by atoms with Gasteiger partial charge in [-0.3, -0.25) is 19.2 Å². The van der Waals surface area contributed by atoms with E-state index < -0.39 is 29.7 Å². The van der Waals surface area contributed by atoms with Gasteiger partial charge in [-0.1, -0.05) is 37.3 Å². The molecule has 3 rings (SSSR count). The van der Waals surface area contributed by atoms with Crippen LogP contribution in [0.15, 0.2) is 54.6 Å². The van der Waals surface area contributed by atoms with Gasteiger partial charge in [-0.2, -0.15) is 0 Å². The number of carboxylic acids is 1. The topological polar surface area (TPSA) is 104 Å². The maximum atomic E-state index is 13.2. The van der Waals surface area contributed by atoms with E-state index in [0.717, 1.165) is 16.9 Å². The van der Waals surface area contributed by atoms with Gasteiger partial charge in [0.05, 0.1) is 25.1 Å². The van der Waals surface area contributed by atoms with Crippen LogP contribution in [0, 0.1) is 0 Å². The molecular weight excluding hydrogens is 412 g/mol. The van der Waals surface area contributed by atoms with E-state index >= 15 is 0 Å². The van der Waals surface area contributed by atoms with Crippen molar-refractivity contribution in [2.75, 3.05) is 11.5 Å². The summed E-state index contributed by atoms with van der Waals surface area (Å²) in [6.45, 7) is 2.67. The molecule has 168 valence electrons. The molecule has 1 aliphatic rings. The number of amides is 3. The number of benzene rings is 2. The first-order valence-corrected chi connectivity index (χ1v) is 10.6. The number of carbonyl (C=O) groups excluding carboxylic acids is 3. The Morgan fingerprint density at radius 1 is 1.06 bits per heavy atom. The quantitative estimate of drug-likeness (QED) is 0.572. The van der Waals surface area contributed by atoms with Gasteiger partial charge in [0.1, 0.15) is 11.8 Å². The van der Waals surface area contributed by atoms with Gasteiger partial charge in [0, 0.05) is 13.0 Å². The average Bonchev–Trinajstić information content (AvgIpc) is 3.09. The van der Waals surface area contributed by atoms with E-state index in [1.807, 2.05) is 37.3 Å². The summed E-state index contributed by atoms with van der Waals surface area (Å²) in [6, 6.07) is 14.7. The Hall–Kier alpha value is -3.68. The summed E-state index contributed by atoms with van der Waals surface area (Å²) in [7, 11) is 0. The lowest BCUT2D eigenvalue weighted by molar-refractivity contribution is -0.143. The van der Waals surface area contributed by atoms with E-state index in [2.05, 4.69) is 0 Å². The summed E-state index contributed by atoms with van der Waals surface area (Å²) in [6.07, 6.45) is 0.115. The fourth-order valence-electron chi connectivity index (χ4n) is 3.55. The minimum absolute atomic E-state index is 0.112. The van der Waals surface area contributed by atoms with E-state index in [1.165, 1.54) is 4.90 Å². The molecule has 8 heteroatoms. The van der Waals surface area contributed by atoms with Crippen LogP contribution in [0.25, 0.3) is 0 Å². The lowest BCUT2D eigenvalue weighted by Crippen LogP contribution is -2.45. The fourth-order valence-corrected chi connectivity index (χ4v) is 3.55. The predicted octanol–water partition coefficient (Wildman–Crippen LogP) is 3.00. The minimum atomic E-state index is -1.10. The Morgan fingerprint density at radius 2 is 1.75 bits per heavy atom. The minimum Gasteiger partial charge on any atom is -0.494 e. The number of hydrogen-bond acceptors (Lipinski definition) is 5. The maximum absolute atomic E-state index is 13.2. The van der Waals surface area contributed by atoms with Crippen LogP contribution < -0.4 is 9.64 Å². The molecule has 0 spiro atoms. The Balaban J connectivity index is 1.82. The van der Waals surface area contributed by atoms with Gasteiger partial charge < -0.3 is 14.7 Å². The van der Waals surface area contributed by atoms with Crippen molar-refractivity contribution in [3.63, 3.8) is 0 Å². The predicted molar refractivity (Wildman–Crippen MR) is 117 cm³/mol. The van der Waals surface area contributed by atoms with E-state index in [0.29, 0.717) is 18.0 Å². The van der Waals surface area contributed by atoms with Crippen LogP contribution in [0.4, 0.5) is 5.69 Å². The highest BCUT2D eigenvalue weighted by molar-refractivity contribution is 6.23. The highest BCUT2D eigenvalue weighted by Gasteiger charge is 2.44. The molecule has 1 atom stereocenters. The van der Waals surface area contributed by atoms with E-state index in [-0.39, 0.29) is 25.8 Å². The molecule has 2 aromatic carbocycles. The molecule has 0 saturated carbocycles. The summed E-state index contributed by atoms with van der Waals surface area (Å²) in [5.41, 5.74) is 1.19. The van der Waals surface area contributed by atoms with Crippen LogP contribution in [0.5, 0.6) is 5.75 Å². The zero-order valence-electron chi connectivity index (χ0n) is 17.9. The van der Waals surface area contributed by atoms with E-state index in [4.69, 9.17) is 9.84 Å². The number of carboxylic acid groups (broad SMARTS) is 1. The molecule has 1 N–H and O–H groups in total. The number of aliphatic carboxylic acids is 1. The molecule has 0 aliphatic carbocycles. The van der Waals surface area contributed by atoms with E-state index in [9.17, 15) is 19.2 Å². The third kappa shape index (κ3) is 5.51. The molecule has 8 nitrogen and oxygen atoms in total. The second-order valence-electron chi connectivity index (χ2n) is 7.53. The van der Waals surface area contributed by atoms with Crippen molar-refractivity contribution in [1.82, 2.24) is 4.90 Å². The zero-order valence-corrected chi connectivity index (χ0v) is 17.9. The van der Waals surface area contributed by atoms with Crippen molar-refractivity contribution >= 4 is 29.4 Å². The number of nitrogens with zero attached hydrogens (tertiary/aromatic N) is 2. The van der Waals surface area contributed by atoms with Crippen LogP contribution in [-0.2, 0) is 25.7 Å². The second-order valence-corrected chi connectivity index (χ2v) is 7.53. The summed E-state index contributed by atoms with van der Waals surface area (Å²) in [5, 5.41) is 8.95. The first-order chi connectivity index (χ1) is 15.4. The van der Waals surface area contributed by atoms with Crippen molar-refractivity contribution in [3.05, 3.63) is 60.2 Å². The summed E-state index contributed by atoms with van der Waals surface area (Å²) < 4.78 is 5.54. The molecule has 1 fully saturated rings. The van der Waals surface area contributed by atoms with Crippen molar-refractivity contribution in [1.29, 1.82) is 0 Å². The van der Waals surface area contributed by atoms with Gasteiger partial charge in [-0.25, -0.2) is 4.90 Å². The molecule has 3 amide bonds. The van der Waals surface area contributed by atoms with Gasteiger partial charge >= 0.3 is 5.97 Å². The number of carbonyl (C=O) groups is 4. The van der Waals surface area contributed by atoms with Crippen LogP contribution in [0.3, 0.4) is 0 Å². The number of rotatable bonds is 10. The van der Waals surface area contributed by atoms with Crippen LogP contribution in [0.2, 0.25) is 0 Å². The Labute approximate surface area is 186 Å². The van der Waals surface area contributed by atoms with Gasteiger partial charge in [-0.15, -0.1) is 0 Å². The molecule has 0 unspecified atom stereocenters. The average molecular weight is 438 g/mol. The van der Waals surface area contributed by atoms with Crippen molar-refractivity contribution in [2.45, 2.75) is 45.2 Å². The number of ether oxygens (including phenoxy) is 1. The highest BCUT2D eigenvalue weighted by atomic mass is 16.5. The maximum Gasteiger partial charge on any atom is 0.303 e. The molecular formula is C24H26N2O6. The van der Waals surface area contributed by atoms with Crippen molar-refractivity contribution in [2.24, 2.45) is 0 Å². The first kappa shape index (κ1) is 23.0. The Kier molecular flexibility index (Phi) is 7.59. The zero-order chi connectivity index (χ0) is 23.1. The molecule has 0 radical (unpaired) electrons. The van der Waals surface area contributed by atoms with Crippen molar-refractivity contribution in [3.8, 4) is 5.75 Å². The highest BCUT2D eigenvalue weighted by Crippen LogP contribution is 2.28. The third-order valence-corrected chi connectivity index (χ3v) is 5.14. The lowest BCUT2D eigenvalue weighted by atomic mass is 10.1. The fraction of sp³-hybridized carbons (Fsp3) is 0.333. The smallest absolute Gasteiger partial charge is 0.303 e. The SMILES string of the molecule is CCCOc1ccc(N2C(=O)C[C@@H](N(Cc3ccccc3)C(=O)CCC(=O)O)C2=O)cc1. The normalized spacial score (nSPS) is 15.7. The van der Waals surface area contributed by atoms with Crippen molar-refractivity contribution < 1.29 is 29.0 Å². The number of hydrogen-bond donors (Lipinski definition) is 1. The van der Waals surface area contributed by atoms with Crippen LogP contribution in [0.1, 0.15) is 38.2 Å². The molecule has 1 saturated heterocycles. The third-order valence-electron chi connectivity index (χ3n) is 5.14. The number of anilines is 1. The second kappa shape index (κ2) is 10.6. The summed E-state index contributed by atoms with van der Waals surface area (Å²) >= 11 is 0. The molecule has 2 aromatic rings. The molecule has 0 bridgehead atoms. The summed E-state index contributed by atoms with van der Waals surface area (Å²) in [5.74, 6) is -1.85. The van der Waals surface area contributed by atoms with Crippen LogP contribution >= 0.6 is 0 Å². The number of imide groups is 1. The molecule has 1 aliphatic heterocycles. The van der Waals surface area contributed by atoms with E-state index in [1.54, 1.807) is 24.3 Å². The Bertz CT molecular complexity index is 974. The molecule has 32 heavy (non-hydrogen) atoms. The molecule has 1 heterocycles. The van der Waals surface area contributed by atoms with Gasteiger partial charge in [-0.05, 0) is 36.2 Å². The first-order valence-electron chi connectivity index (χ1n) is 10.6. The summed E-state index contributed by atoms with van der Waals surface area (Å²) in [4.78, 5) is 52.1. The van der Waals surface area contributed by atoms with Gasteiger partial charge in [0.25, 0.3) is 5.91 Å². The standard InChI is InChI=1S/C24H26N2O6/c1-2-14-32-19-10-8-18(9-11-19)26-22(28)15-20(24(26)31)25(21(27)12-13-23(29)30)16-17-6-4-3-5-7-17/h3-11,20H,2,12-16H2,1H3,(H,29,30)/t20-/m1/s1. The lowest BCUT2D eigenvalue weighted by Gasteiger charge is -2.28. The monoisotopic (exact) mass is 438 g/mol. The van der Waals surface area contributed by atoms with Gasteiger partial charge in [0.15, 0.2) is 0 Å². The Morgan fingerprint density at radius 3 is 2.38 bits per heavy atom. The van der Waals surface area contributed by atoms with Crippen LogP contribution in [-0.4, -0.2) is 46.3 Å². The van der Waals surface area contributed by atoms with Gasteiger partial charge in [0.2, 0.25) is 11.8 Å².